The predicted octanol–water partition coefficient (Wildman–Crippen LogP) is 3.86. The number of hydrogen-bond acceptors (Lipinski definition) is 3. The first-order valence-electron chi connectivity index (χ1n) is 6.76. The molecule has 0 amide bonds. The maximum atomic E-state index is 5.79. The molecule has 106 valence electrons. The number of fused-ring (bicyclic) bond motifs is 1. The summed E-state index contributed by atoms with van der Waals surface area (Å²) in [5.41, 5.74) is 7.36. The first-order chi connectivity index (χ1) is 10.2. The molecule has 1 unspecified atom stereocenters. The van der Waals surface area contributed by atoms with Gasteiger partial charge in [0.15, 0.2) is 0 Å². The number of benzene rings is 2. The van der Waals surface area contributed by atoms with E-state index in [1.165, 1.54) is 5.56 Å². The Kier molecular flexibility index (Phi) is 4.01. The Morgan fingerprint density at radius 3 is 2.62 bits per heavy atom. The summed E-state index contributed by atoms with van der Waals surface area (Å²) in [5, 5.41) is 1.11. The van der Waals surface area contributed by atoms with Gasteiger partial charge in [0.1, 0.15) is 0 Å². The smallest absolute Gasteiger partial charge is 0.0710 e. The highest BCUT2D eigenvalue weighted by atomic mass is 79.9. The van der Waals surface area contributed by atoms with E-state index in [-0.39, 0.29) is 6.04 Å². The first kappa shape index (κ1) is 14.2. The Morgan fingerprint density at radius 1 is 1.10 bits per heavy atom. The van der Waals surface area contributed by atoms with E-state index in [0.29, 0.717) is 0 Å². The average Bonchev–Trinajstić information content (AvgIpc) is 2.51. The lowest BCUT2D eigenvalue weighted by molar-refractivity contribution is 0.637. The summed E-state index contributed by atoms with van der Waals surface area (Å²) in [6.45, 7) is 2.07. The molecule has 1 aromatic heterocycles. The minimum Gasteiger partial charge on any atom is -0.271 e. The second kappa shape index (κ2) is 5.93. The van der Waals surface area contributed by atoms with Crippen molar-refractivity contribution in [2.45, 2.75) is 13.0 Å². The Morgan fingerprint density at radius 2 is 1.86 bits per heavy atom. The Bertz CT molecular complexity index is 786. The molecule has 2 aromatic carbocycles. The zero-order valence-corrected chi connectivity index (χ0v) is 13.3. The van der Waals surface area contributed by atoms with E-state index < -0.39 is 0 Å². The van der Waals surface area contributed by atoms with Crippen molar-refractivity contribution in [3.63, 3.8) is 0 Å². The van der Waals surface area contributed by atoms with Crippen molar-refractivity contribution >= 4 is 26.8 Å². The normalized spacial score (nSPS) is 12.5. The van der Waals surface area contributed by atoms with Gasteiger partial charge in [-0.3, -0.25) is 10.8 Å². The van der Waals surface area contributed by atoms with Crippen molar-refractivity contribution in [1.29, 1.82) is 0 Å². The summed E-state index contributed by atoms with van der Waals surface area (Å²) >= 11 is 3.53. The molecule has 0 spiro atoms. The third kappa shape index (κ3) is 2.83. The van der Waals surface area contributed by atoms with Crippen LogP contribution in [0.5, 0.6) is 0 Å². The van der Waals surface area contributed by atoms with Crippen LogP contribution in [0.2, 0.25) is 0 Å². The summed E-state index contributed by atoms with van der Waals surface area (Å²) in [5.74, 6) is 5.79. The molecule has 1 atom stereocenters. The van der Waals surface area contributed by atoms with E-state index in [0.717, 1.165) is 26.5 Å². The van der Waals surface area contributed by atoms with Gasteiger partial charge >= 0.3 is 0 Å². The molecule has 21 heavy (non-hydrogen) atoms. The second-order valence-corrected chi connectivity index (χ2v) is 5.92. The van der Waals surface area contributed by atoms with Crippen LogP contribution >= 0.6 is 15.9 Å². The van der Waals surface area contributed by atoms with Gasteiger partial charge in [0.05, 0.1) is 11.6 Å². The number of aryl methyl sites for hydroxylation is 1. The van der Waals surface area contributed by atoms with E-state index in [4.69, 9.17) is 5.84 Å². The monoisotopic (exact) mass is 341 g/mol. The molecular formula is C17H16BrN3. The third-order valence-electron chi connectivity index (χ3n) is 3.64. The number of hydrazine groups is 1. The quantitative estimate of drug-likeness (QED) is 0.561. The lowest BCUT2D eigenvalue weighted by atomic mass is 9.97. The van der Waals surface area contributed by atoms with Gasteiger partial charge in [0.25, 0.3) is 0 Å². The van der Waals surface area contributed by atoms with Crippen LogP contribution in [0.25, 0.3) is 10.9 Å². The Balaban J connectivity index is 2.06. The standard InChI is InChI=1S/C17H16BrN3/c1-11-9-13(4-6-15(11)18)17(21-19)14-5-7-16-12(10-14)3-2-8-20-16/h2-10,17,21H,19H2,1H3. The minimum absolute atomic E-state index is 0.0404. The summed E-state index contributed by atoms with van der Waals surface area (Å²) in [7, 11) is 0. The van der Waals surface area contributed by atoms with Crippen LogP contribution in [0.15, 0.2) is 59.2 Å². The van der Waals surface area contributed by atoms with E-state index in [2.05, 4.69) is 69.7 Å². The molecule has 0 bridgehead atoms. The topological polar surface area (TPSA) is 50.9 Å². The molecule has 1 heterocycles. The number of aromatic nitrogens is 1. The largest absolute Gasteiger partial charge is 0.271 e. The zero-order chi connectivity index (χ0) is 14.8. The number of halogens is 1. The van der Waals surface area contributed by atoms with Gasteiger partial charge in [0.2, 0.25) is 0 Å². The number of nitrogens with two attached hydrogens (primary N) is 1. The summed E-state index contributed by atoms with van der Waals surface area (Å²) in [4.78, 5) is 4.35. The van der Waals surface area contributed by atoms with E-state index >= 15 is 0 Å². The number of nitrogens with zero attached hydrogens (tertiary/aromatic N) is 1. The fourth-order valence-electron chi connectivity index (χ4n) is 2.51. The summed E-state index contributed by atoms with van der Waals surface area (Å²) in [6.07, 6.45) is 1.80. The van der Waals surface area contributed by atoms with E-state index in [1.54, 1.807) is 6.20 Å². The SMILES string of the molecule is Cc1cc(C(NN)c2ccc3ncccc3c2)ccc1Br. The van der Waals surface area contributed by atoms with Crippen LogP contribution in [-0.4, -0.2) is 4.98 Å². The Hall–Kier alpha value is -1.75. The minimum atomic E-state index is -0.0404. The average molecular weight is 342 g/mol. The highest BCUT2D eigenvalue weighted by Crippen LogP contribution is 2.27. The molecule has 3 N–H and O–H groups in total. The van der Waals surface area contributed by atoms with Crippen molar-refractivity contribution < 1.29 is 0 Å². The van der Waals surface area contributed by atoms with Crippen molar-refractivity contribution in [3.8, 4) is 0 Å². The van der Waals surface area contributed by atoms with Crippen LogP contribution in [-0.2, 0) is 0 Å². The number of rotatable bonds is 3. The molecular weight excluding hydrogens is 326 g/mol. The molecule has 0 aliphatic heterocycles. The molecule has 0 aliphatic carbocycles. The summed E-state index contributed by atoms with van der Waals surface area (Å²) in [6, 6.07) is 16.5. The number of nitrogens with one attached hydrogen (secondary N) is 1. The summed E-state index contributed by atoms with van der Waals surface area (Å²) < 4.78 is 1.10. The van der Waals surface area contributed by atoms with Gasteiger partial charge in [-0.1, -0.05) is 40.2 Å². The van der Waals surface area contributed by atoms with Crippen molar-refractivity contribution in [2.75, 3.05) is 0 Å². The van der Waals surface area contributed by atoms with Crippen LogP contribution in [0.4, 0.5) is 0 Å². The van der Waals surface area contributed by atoms with Crippen LogP contribution in [0, 0.1) is 6.92 Å². The molecule has 3 nitrogen and oxygen atoms in total. The maximum Gasteiger partial charge on any atom is 0.0710 e. The molecule has 3 aromatic rings. The number of hydrogen-bond donors (Lipinski definition) is 2. The second-order valence-electron chi connectivity index (χ2n) is 5.06. The highest BCUT2D eigenvalue weighted by Gasteiger charge is 2.13. The van der Waals surface area contributed by atoms with Gasteiger partial charge < -0.3 is 0 Å². The molecule has 0 fully saturated rings. The molecule has 3 rings (SSSR count). The first-order valence-corrected chi connectivity index (χ1v) is 7.55. The zero-order valence-electron chi connectivity index (χ0n) is 11.7. The van der Waals surface area contributed by atoms with Gasteiger partial charge in [-0.05, 0) is 47.9 Å². The Labute approximate surface area is 132 Å². The van der Waals surface area contributed by atoms with E-state index in [1.807, 2.05) is 12.1 Å². The van der Waals surface area contributed by atoms with Crippen molar-refractivity contribution in [1.82, 2.24) is 10.4 Å². The van der Waals surface area contributed by atoms with Gasteiger partial charge in [0, 0.05) is 16.1 Å². The molecule has 0 radical (unpaired) electrons. The molecule has 0 saturated carbocycles. The van der Waals surface area contributed by atoms with E-state index in [9.17, 15) is 0 Å². The molecule has 4 heteroatoms. The fourth-order valence-corrected chi connectivity index (χ4v) is 2.75. The van der Waals surface area contributed by atoms with Crippen LogP contribution in [0.1, 0.15) is 22.7 Å². The van der Waals surface area contributed by atoms with Crippen LogP contribution < -0.4 is 11.3 Å². The van der Waals surface area contributed by atoms with Gasteiger partial charge in [-0.25, -0.2) is 5.43 Å². The van der Waals surface area contributed by atoms with Crippen molar-refractivity contribution in [2.24, 2.45) is 5.84 Å². The van der Waals surface area contributed by atoms with Crippen molar-refractivity contribution in [3.05, 3.63) is 75.9 Å². The maximum absolute atomic E-state index is 5.79. The predicted molar refractivity (Wildman–Crippen MR) is 89.8 cm³/mol. The molecule has 0 aliphatic rings. The fraction of sp³-hybridized carbons (Fsp3) is 0.118. The molecule has 0 saturated heterocycles. The van der Waals surface area contributed by atoms with Gasteiger partial charge in [-0.15, -0.1) is 0 Å². The third-order valence-corrected chi connectivity index (χ3v) is 4.53. The number of pyridine rings is 1. The lowest BCUT2D eigenvalue weighted by Crippen LogP contribution is -2.28. The highest BCUT2D eigenvalue weighted by molar-refractivity contribution is 9.10. The lowest BCUT2D eigenvalue weighted by Gasteiger charge is -2.18. The van der Waals surface area contributed by atoms with Crippen LogP contribution in [0.3, 0.4) is 0 Å². The van der Waals surface area contributed by atoms with Gasteiger partial charge in [-0.2, -0.15) is 0 Å².